The molecular formula is C81H57N7. The number of hydrogen-bond acceptors (Lipinski definition) is 4. The molecule has 15 rings (SSSR count). The summed E-state index contributed by atoms with van der Waals surface area (Å²) in [5.74, 6) is 0. The van der Waals surface area contributed by atoms with Crippen LogP contribution in [0.1, 0.15) is 0 Å². The van der Waals surface area contributed by atoms with Gasteiger partial charge in [-0.15, -0.1) is 0 Å². The second kappa shape index (κ2) is 23.6. The molecule has 0 fully saturated rings. The van der Waals surface area contributed by atoms with Crippen LogP contribution in [-0.2, 0) is 0 Å². The highest BCUT2D eigenvalue weighted by atomic mass is 15.3. The van der Waals surface area contributed by atoms with Crippen molar-refractivity contribution in [2.75, 3.05) is 4.90 Å². The topological polar surface area (TPSA) is 56.7 Å². The molecule has 0 saturated carbocycles. The van der Waals surface area contributed by atoms with Gasteiger partial charge in [-0.2, -0.15) is 15.3 Å². The van der Waals surface area contributed by atoms with Gasteiger partial charge in [0.05, 0.1) is 34.1 Å². The maximum Gasteiger partial charge on any atom is 0.101 e. The smallest absolute Gasteiger partial charge is 0.101 e. The van der Waals surface area contributed by atoms with Gasteiger partial charge in [-0.3, -0.25) is 0 Å². The van der Waals surface area contributed by atoms with Crippen molar-refractivity contribution < 1.29 is 0 Å². The van der Waals surface area contributed by atoms with Crippen molar-refractivity contribution in [1.29, 1.82) is 0 Å². The van der Waals surface area contributed by atoms with Crippen molar-refractivity contribution in [1.82, 2.24) is 29.3 Å². The standard InChI is InChI=1S/C81H57N7/c1-10-28-58(29-11-1)73-76(61-34-16-4-17-35-61)82-86(79(73)64-40-22-7-23-41-64)70-52-46-67(47-53-70)85(68-48-54-71(55-49-68)87-80(65-42-24-8-25-43-65)74(59-30-12-2-13-31-59)77(83-87)62-36-18-5-19-37-62)69-50-56-72(57-51-69)88-81(66-44-26-9-27-45-66)75(60-32-14-3-15-33-60)78(84-88)63-38-20-6-21-39-63/h1-57H. The number of aromatic nitrogens is 6. The fourth-order valence-electron chi connectivity index (χ4n) is 12.1. The van der Waals surface area contributed by atoms with E-state index in [1.807, 2.05) is 0 Å². The lowest BCUT2D eigenvalue weighted by atomic mass is 9.96. The van der Waals surface area contributed by atoms with E-state index in [-0.39, 0.29) is 0 Å². The molecule has 416 valence electrons. The van der Waals surface area contributed by atoms with Gasteiger partial charge in [-0.1, -0.05) is 273 Å². The molecule has 0 N–H and O–H groups in total. The third kappa shape index (κ3) is 10.1. The Balaban J connectivity index is 0.896. The summed E-state index contributed by atoms with van der Waals surface area (Å²) in [6.45, 7) is 0. The second-order valence-electron chi connectivity index (χ2n) is 21.6. The largest absolute Gasteiger partial charge is 0.310 e. The van der Waals surface area contributed by atoms with Crippen LogP contribution in [0.2, 0.25) is 0 Å². The van der Waals surface area contributed by atoms with E-state index < -0.39 is 0 Å². The first-order chi connectivity index (χ1) is 43.7. The lowest BCUT2D eigenvalue weighted by Crippen LogP contribution is -2.11. The first-order valence-corrected chi connectivity index (χ1v) is 29.7. The van der Waals surface area contributed by atoms with Crippen LogP contribution in [0.25, 0.3) is 118 Å². The van der Waals surface area contributed by atoms with Crippen LogP contribution in [0.15, 0.2) is 346 Å². The summed E-state index contributed by atoms with van der Waals surface area (Å²) < 4.78 is 6.34. The molecule has 0 aliphatic carbocycles. The van der Waals surface area contributed by atoms with Gasteiger partial charge in [-0.05, 0) is 89.5 Å². The molecule has 7 nitrogen and oxygen atoms in total. The first-order valence-electron chi connectivity index (χ1n) is 29.7. The molecular weight excluding hydrogens is 1070 g/mol. The number of hydrogen-bond donors (Lipinski definition) is 0. The summed E-state index contributed by atoms with van der Waals surface area (Å²) in [4.78, 5) is 2.32. The van der Waals surface area contributed by atoms with E-state index in [4.69, 9.17) is 15.3 Å². The molecule has 0 atom stereocenters. The van der Waals surface area contributed by atoms with Crippen LogP contribution in [0, 0.1) is 0 Å². The molecule has 0 radical (unpaired) electrons. The molecule has 7 heteroatoms. The van der Waals surface area contributed by atoms with E-state index in [1.54, 1.807) is 0 Å². The van der Waals surface area contributed by atoms with E-state index in [2.05, 4.69) is 365 Å². The minimum absolute atomic E-state index is 0.912. The van der Waals surface area contributed by atoms with Crippen LogP contribution in [0.5, 0.6) is 0 Å². The molecule has 3 heterocycles. The fourth-order valence-corrected chi connectivity index (χ4v) is 12.1. The zero-order valence-electron chi connectivity index (χ0n) is 48.0. The molecule has 0 aliphatic rings. The average molecular weight is 1130 g/mol. The SMILES string of the molecule is c1ccc(-c2nn(-c3ccc(N(c4ccc(-n5nc(-c6ccccc6)c(-c6ccccc6)c5-c5ccccc5)cc4)c4ccc(-n5nc(-c6ccccc6)c(-c6ccccc6)c5-c5ccccc5)cc4)cc3)c(-c3ccccc3)c2-c2ccccc2)cc1. The van der Waals surface area contributed by atoms with Crippen molar-refractivity contribution in [3.63, 3.8) is 0 Å². The monoisotopic (exact) mass is 1130 g/mol. The van der Waals surface area contributed by atoms with Gasteiger partial charge in [0.2, 0.25) is 0 Å². The Labute approximate surface area is 512 Å². The van der Waals surface area contributed by atoms with Crippen LogP contribution in [-0.4, -0.2) is 29.3 Å². The van der Waals surface area contributed by atoms with E-state index in [0.29, 0.717) is 0 Å². The lowest BCUT2D eigenvalue weighted by Gasteiger charge is -2.26. The highest BCUT2D eigenvalue weighted by molar-refractivity contribution is 5.96. The van der Waals surface area contributed by atoms with Crippen LogP contribution in [0.4, 0.5) is 17.1 Å². The Morgan fingerprint density at radius 3 is 0.568 bits per heavy atom. The lowest BCUT2D eigenvalue weighted by molar-refractivity contribution is 0.890. The molecule has 15 aromatic rings. The predicted molar refractivity (Wildman–Crippen MR) is 361 cm³/mol. The van der Waals surface area contributed by atoms with Crippen molar-refractivity contribution in [2.24, 2.45) is 0 Å². The normalized spacial score (nSPS) is 11.2. The number of nitrogens with zero attached hydrogens (tertiary/aromatic N) is 7. The number of benzene rings is 12. The summed E-state index contributed by atoms with van der Waals surface area (Å²) in [6, 6.07) is 122. The molecule has 3 aromatic heterocycles. The molecule has 0 unspecified atom stereocenters. The molecule has 12 aromatic carbocycles. The minimum atomic E-state index is 0.912. The highest BCUT2D eigenvalue weighted by Gasteiger charge is 2.27. The Kier molecular flexibility index (Phi) is 14.2. The Hall–Kier alpha value is -11.9. The first kappa shape index (κ1) is 52.8. The molecule has 88 heavy (non-hydrogen) atoms. The van der Waals surface area contributed by atoms with Crippen molar-refractivity contribution in [3.05, 3.63) is 346 Å². The molecule has 0 saturated heterocycles. The van der Waals surface area contributed by atoms with Gasteiger partial charge >= 0.3 is 0 Å². The third-order valence-electron chi connectivity index (χ3n) is 16.2. The maximum absolute atomic E-state index is 5.51. The van der Waals surface area contributed by atoms with Crippen molar-refractivity contribution in [2.45, 2.75) is 0 Å². The van der Waals surface area contributed by atoms with E-state index in [9.17, 15) is 0 Å². The summed E-state index contributed by atoms with van der Waals surface area (Å²) in [6.07, 6.45) is 0. The van der Waals surface area contributed by atoms with Crippen LogP contribution in [0.3, 0.4) is 0 Å². The Bertz CT molecular complexity index is 4310. The maximum atomic E-state index is 5.51. The molecule has 0 aliphatic heterocycles. The van der Waals surface area contributed by atoms with Crippen LogP contribution >= 0.6 is 0 Å². The summed E-state index contributed by atoms with van der Waals surface area (Å²) in [7, 11) is 0. The van der Waals surface area contributed by atoms with E-state index in [0.717, 1.165) is 135 Å². The van der Waals surface area contributed by atoms with Crippen molar-refractivity contribution >= 4 is 17.1 Å². The van der Waals surface area contributed by atoms with Crippen molar-refractivity contribution in [3.8, 4) is 118 Å². The molecule has 0 amide bonds. The highest BCUT2D eigenvalue weighted by Crippen LogP contribution is 2.46. The third-order valence-corrected chi connectivity index (χ3v) is 16.2. The Morgan fingerprint density at radius 1 is 0.182 bits per heavy atom. The molecule has 0 bridgehead atoms. The fraction of sp³-hybridized carbons (Fsp3) is 0. The van der Waals surface area contributed by atoms with Gasteiger partial charge in [0.15, 0.2) is 0 Å². The number of anilines is 3. The van der Waals surface area contributed by atoms with E-state index >= 15 is 0 Å². The Morgan fingerprint density at radius 2 is 0.364 bits per heavy atom. The van der Waals surface area contributed by atoms with Gasteiger partial charge in [-0.25, -0.2) is 14.0 Å². The molecule has 0 spiro atoms. The average Bonchev–Trinajstić information content (AvgIpc) is 2.18. The summed E-state index contributed by atoms with van der Waals surface area (Å²) in [5, 5.41) is 16.5. The summed E-state index contributed by atoms with van der Waals surface area (Å²) in [5.41, 5.74) is 24.3. The zero-order chi connectivity index (χ0) is 58.6. The van der Waals surface area contributed by atoms with Gasteiger partial charge in [0.25, 0.3) is 0 Å². The van der Waals surface area contributed by atoms with Gasteiger partial charge in [0.1, 0.15) is 17.1 Å². The minimum Gasteiger partial charge on any atom is -0.310 e. The predicted octanol–water partition coefficient (Wildman–Crippen LogP) is 20.7. The summed E-state index contributed by atoms with van der Waals surface area (Å²) >= 11 is 0. The van der Waals surface area contributed by atoms with Crippen LogP contribution < -0.4 is 4.90 Å². The quantitative estimate of drug-likeness (QED) is 0.103. The van der Waals surface area contributed by atoms with Gasteiger partial charge in [0, 0.05) is 67.1 Å². The zero-order valence-corrected chi connectivity index (χ0v) is 48.0. The second-order valence-corrected chi connectivity index (χ2v) is 21.6. The van der Waals surface area contributed by atoms with Gasteiger partial charge < -0.3 is 4.90 Å². The van der Waals surface area contributed by atoms with E-state index in [1.165, 1.54) is 0 Å². The number of rotatable bonds is 15.